The molecule has 0 unspecified atom stereocenters. The fourth-order valence-corrected chi connectivity index (χ4v) is 5.73. The van der Waals surface area contributed by atoms with E-state index in [1.54, 1.807) is 0 Å². The van der Waals surface area contributed by atoms with E-state index in [1.807, 2.05) is 64.1 Å². The summed E-state index contributed by atoms with van der Waals surface area (Å²) in [7, 11) is 0. The Morgan fingerprint density at radius 2 is 1.12 bits per heavy atom. The summed E-state index contributed by atoms with van der Waals surface area (Å²) in [5, 5.41) is 0. The molecule has 26 heavy (non-hydrogen) atoms. The van der Waals surface area contributed by atoms with E-state index in [1.165, 1.54) is 0 Å². The molecule has 132 valence electrons. The number of rotatable bonds is 0. The van der Waals surface area contributed by atoms with Crippen molar-refractivity contribution in [1.29, 1.82) is 0 Å². The highest BCUT2D eigenvalue weighted by Crippen LogP contribution is 2.70. The standard InChI is InChI=1S/C22H20O4/c1-11-5-7-15-13(9-11)21(3)17(19(23)25-15)22(4)14-10-12(2)6-8-16(14)26-20(24)18(21)22/h5-10,17-18H,1-4H3. The molecule has 1 fully saturated rings. The Morgan fingerprint density at radius 3 is 1.50 bits per heavy atom. The van der Waals surface area contributed by atoms with E-state index in [4.69, 9.17) is 9.47 Å². The molecule has 1 saturated carbocycles. The molecular formula is C22H20O4. The van der Waals surface area contributed by atoms with Gasteiger partial charge in [0, 0.05) is 22.0 Å². The Labute approximate surface area is 152 Å². The maximum atomic E-state index is 13.0. The minimum absolute atomic E-state index is 0.259. The van der Waals surface area contributed by atoms with Crippen LogP contribution in [0.2, 0.25) is 0 Å². The lowest BCUT2D eigenvalue weighted by Crippen LogP contribution is -2.75. The smallest absolute Gasteiger partial charge is 0.316 e. The van der Waals surface area contributed by atoms with Crippen LogP contribution < -0.4 is 9.47 Å². The van der Waals surface area contributed by atoms with Crippen molar-refractivity contribution in [3.05, 3.63) is 58.7 Å². The van der Waals surface area contributed by atoms with Gasteiger partial charge in [-0.3, -0.25) is 9.59 Å². The van der Waals surface area contributed by atoms with Crippen molar-refractivity contribution in [2.75, 3.05) is 0 Å². The molecule has 4 nitrogen and oxygen atoms in total. The van der Waals surface area contributed by atoms with E-state index < -0.39 is 22.7 Å². The molecule has 0 atom stereocenters. The van der Waals surface area contributed by atoms with Gasteiger partial charge in [0.25, 0.3) is 0 Å². The Hall–Kier alpha value is -2.62. The molecule has 1 aliphatic carbocycles. The van der Waals surface area contributed by atoms with Gasteiger partial charge in [-0.1, -0.05) is 49.2 Å². The van der Waals surface area contributed by atoms with Crippen LogP contribution in [0.15, 0.2) is 36.4 Å². The summed E-state index contributed by atoms with van der Waals surface area (Å²) in [5.41, 5.74) is 2.77. The van der Waals surface area contributed by atoms with Crippen LogP contribution in [0.4, 0.5) is 0 Å². The maximum absolute atomic E-state index is 13.0. The Morgan fingerprint density at radius 1 is 0.731 bits per heavy atom. The summed E-state index contributed by atoms with van der Waals surface area (Å²) in [4.78, 5) is 26.0. The van der Waals surface area contributed by atoms with Crippen LogP contribution in [0, 0.1) is 25.7 Å². The Bertz CT molecular complexity index is 914. The van der Waals surface area contributed by atoms with Gasteiger partial charge in [0.05, 0.1) is 11.8 Å². The number of carbonyl (C=O) groups excluding carboxylic acids is 2. The second-order valence-electron chi connectivity index (χ2n) is 8.27. The first-order chi connectivity index (χ1) is 12.3. The number of hydrogen-bond acceptors (Lipinski definition) is 4. The molecule has 2 heterocycles. The topological polar surface area (TPSA) is 52.6 Å². The average molecular weight is 348 g/mol. The third-order valence-electron chi connectivity index (χ3n) is 6.72. The molecule has 5 rings (SSSR count). The van der Waals surface area contributed by atoms with Crippen molar-refractivity contribution in [3.8, 4) is 11.5 Å². The molecule has 0 N–H and O–H groups in total. The van der Waals surface area contributed by atoms with Crippen LogP contribution in [0.5, 0.6) is 11.5 Å². The fourth-order valence-electron chi connectivity index (χ4n) is 5.73. The maximum Gasteiger partial charge on any atom is 0.316 e. The van der Waals surface area contributed by atoms with Crippen LogP contribution >= 0.6 is 0 Å². The summed E-state index contributed by atoms with van der Waals surface area (Å²) >= 11 is 0. The molecule has 0 spiro atoms. The number of hydrogen-bond donors (Lipinski definition) is 0. The predicted octanol–water partition coefficient (Wildman–Crippen LogP) is 3.60. The van der Waals surface area contributed by atoms with E-state index in [0.29, 0.717) is 11.5 Å². The van der Waals surface area contributed by atoms with Crippen molar-refractivity contribution < 1.29 is 19.1 Å². The number of ether oxygens (including phenoxy) is 2. The first-order valence-corrected chi connectivity index (χ1v) is 8.93. The molecule has 3 aliphatic rings. The SMILES string of the molecule is Cc1ccc2c(c1)C1(C)C(C(=O)O2)C2(C)c3cc(C)ccc3OC(=O)C12. The van der Waals surface area contributed by atoms with E-state index >= 15 is 0 Å². The lowest BCUT2D eigenvalue weighted by molar-refractivity contribution is -0.184. The highest BCUT2D eigenvalue weighted by Gasteiger charge is 2.77. The minimum atomic E-state index is -0.621. The van der Waals surface area contributed by atoms with Gasteiger partial charge in [0.2, 0.25) is 0 Å². The molecule has 4 heteroatoms. The van der Waals surface area contributed by atoms with E-state index in [2.05, 4.69) is 0 Å². The summed E-state index contributed by atoms with van der Waals surface area (Å²) in [6, 6.07) is 11.6. The molecule has 0 amide bonds. The van der Waals surface area contributed by atoms with Gasteiger partial charge in [-0.2, -0.15) is 0 Å². The average Bonchev–Trinajstić information content (AvgIpc) is 2.56. The first kappa shape index (κ1) is 15.6. The summed E-state index contributed by atoms with van der Waals surface area (Å²) < 4.78 is 11.4. The number of carbonyl (C=O) groups is 2. The van der Waals surface area contributed by atoms with Crippen molar-refractivity contribution in [1.82, 2.24) is 0 Å². The van der Waals surface area contributed by atoms with Crippen molar-refractivity contribution in [2.24, 2.45) is 11.8 Å². The lowest BCUT2D eigenvalue weighted by atomic mass is 9.35. The van der Waals surface area contributed by atoms with Crippen molar-refractivity contribution in [3.63, 3.8) is 0 Å². The summed E-state index contributed by atoms with van der Waals surface area (Å²) in [6.07, 6.45) is 0. The predicted molar refractivity (Wildman–Crippen MR) is 95.3 cm³/mol. The number of esters is 2. The number of fused-ring (bicyclic) bond motifs is 8. The largest absolute Gasteiger partial charge is 0.426 e. The lowest BCUT2D eigenvalue weighted by Gasteiger charge is -2.66. The molecule has 0 bridgehead atoms. The molecule has 2 aromatic rings. The van der Waals surface area contributed by atoms with Crippen LogP contribution in [0.25, 0.3) is 0 Å². The highest BCUT2D eigenvalue weighted by molar-refractivity contribution is 5.94. The quantitative estimate of drug-likeness (QED) is 0.539. The summed E-state index contributed by atoms with van der Waals surface area (Å²) in [5.74, 6) is -0.228. The normalized spacial score (nSPS) is 33.7. The van der Waals surface area contributed by atoms with Gasteiger partial charge in [-0.05, 0) is 26.0 Å². The molecule has 0 saturated heterocycles. The molecular weight excluding hydrogens is 328 g/mol. The zero-order chi connectivity index (χ0) is 18.4. The molecule has 0 radical (unpaired) electrons. The Kier molecular flexibility index (Phi) is 2.74. The third-order valence-corrected chi connectivity index (χ3v) is 6.72. The zero-order valence-corrected chi connectivity index (χ0v) is 15.3. The zero-order valence-electron chi connectivity index (χ0n) is 15.3. The van der Waals surface area contributed by atoms with Gasteiger partial charge in [-0.15, -0.1) is 0 Å². The van der Waals surface area contributed by atoms with Gasteiger partial charge in [0.1, 0.15) is 11.5 Å². The fraction of sp³-hybridized carbons (Fsp3) is 0.364. The summed E-state index contributed by atoms with van der Waals surface area (Å²) in [6.45, 7) is 8.02. The molecule has 2 aliphatic heterocycles. The van der Waals surface area contributed by atoms with Crippen LogP contribution in [0.3, 0.4) is 0 Å². The van der Waals surface area contributed by atoms with Crippen LogP contribution in [-0.4, -0.2) is 11.9 Å². The molecule has 0 aromatic heterocycles. The second-order valence-corrected chi connectivity index (χ2v) is 8.27. The van der Waals surface area contributed by atoms with E-state index in [0.717, 1.165) is 22.3 Å². The molecule has 2 aromatic carbocycles. The number of benzene rings is 2. The van der Waals surface area contributed by atoms with Crippen molar-refractivity contribution in [2.45, 2.75) is 38.5 Å². The van der Waals surface area contributed by atoms with Crippen LogP contribution in [0.1, 0.15) is 36.1 Å². The minimum Gasteiger partial charge on any atom is -0.426 e. The van der Waals surface area contributed by atoms with Gasteiger partial charge < -0.3 is 9.47 Å². The van der Waals surface area contributed by atoms with Gasteiger partial charge >= 0.3 is 11.9 Å². The van der Waals surface area contributed by atoms with Crippen molar-refractivity contribution >= 4 is 11.9 Å². The first-order valence-electron chi connectivity index (χ1n) is 8.93. The van der Waals surface area contributed by atoms with Crippen LogP contribution in [-0.2, 0) is 20.4 Å². The highest BCUT2D eigenvalue weighted by atomic mass is 16.5. The van der Waals surface area contributed by atoms with E-state index in [-0.39, 0.29) is 11.9 Å². The Balaban J connectivity index is 1.79. The monoisotopic (exact) mass is 348 g/mol. The third kappa shape index (κ3) is 1.56. The second kappa shape index (κ2) is 4.56. The van der Waals surface area contributed by atoms with E-state index in [9.17, 15) is 9.59 Å². The van der Waals surface area contributed by atoms with Gasteiger partial charge in [-0.25, -0.2) is 0 Å². The van der Waals surface area contributed by atoms with Gasteiger partial charge in [0.15, 0.2) is 0 Å². The number of aryl methyl sites for hydroxylation is 2.